The number of ketones is 1. The van der Waals surface area contributed by atoms with Crippen LogP contribution in [0.1, 0.15) is 45.6 Å². The van der Waals surface area contributed by atoms with Crippen molar-refractivity contribution in [2.24, 2.45) is 0 Å². The molecule has 3 aromatic rings. The van der Waals surface area contributed by atoms with Crippen LogP contribution in [0.2, 0.25) is 0 Å². The molecule has 196 valence electrons. The third-order valence-corrected chi connectivity index (χ3v) is 8.77. The zero-order chi connectivity index (χ0) is 26.6. The number of hydrogen-bond acceptors (Lipinski definition) is 6. The monoisotopic (exact) mass is 524 g/mol. The van der Waals surface area contributed by atoms with Gasteiger partial charge in [0.2, 0.25) is 16.0 Å². The van der Waals surface area contributed by atoms with Crippen molar-refractivity contribution in [2.75, 3.05) is 18.0 Å². The third-order valence-electron chi connectivity index (χ3n) is 6.73. The number of hydrogen-bond donors (Lipinski definition) is 0. The van der Waals surface area contributed by atoms with Crippen LogP contribution < -0.4 is 4.90 Å². The summed E-state index contributed by atoms with van der Waals surface area (Å²) in [5.74, 6) is 0.0510. The standard InChI is InChI=1S/C28H33FN4O3S/c1-20(2)33(37(35,36)27-13-10-25(29)11-14-27)19-26(34)12-9-22-7-4-8-23(16-22)24-17-30-28(31-18-24)32-15-5-6-21(32)3/h4,7-8,10-11,13-14,16-18,20-21H,5-6,9,12,15,19H2,1-3H3/t21-/m0/s1. The smallest absolute Gasteiger partial charge is 0.243 e. The molecule has 1 aliphatic heterocycles. The van der Waals surface area contributed by atoms with E-state index in [9.17, 15) is 17.6 Å². The summed E-state index contributed by atoms with van der Waals surface area (Å²) >= 11 is 0. The summed E-state index contributed by atoms with van der Waals surface area (Å²) in [4.78, 5) is 24.2. The molecule has 0 aliphatic carbocycles. The van der Waals surface area contributed by atoms with Crippen LogP contribution in [-0.4, -0.2) is 53.6 Å². The van der Waals surface area contributed by atoms with Gasteiger partial charge >= 0.3 is 0 Å². The van der Waals surface area contributed by atoms with E-state index in [0.717, 1.165) is 54.2 Å². The predicted octanol–water partition coefficient (Wildman–Crippen LogP) is 4.87. The number of halogens is 1. The molecule has 0 N–H and O–H groups in total. The molecule has 1 saturated heterocycles. The third kappa shape index (κ3) is 6.40. The minimum Gasteiger partial charge on any atom is -0.338 e. The van der Waals surface area contributed by atoms with Crippen molar-refractivity contribution >= 4 is 21.8 Å². The van der Waals surface area contributed by atoms with Gasteiger partial charge in [-0.25, -0.2) is 22.8 Å². The van der Waals surface area contributed by atoms with Gasteiger partial charge in [0.25, 0.3) is 0 Å². The maximum Gasteiger partial charge on any atom is 0.243 e. The van der Waals surface area contributed by atoms with Gasteiger partial charge in [0.1, 0.15) is 11.6 Å². The molecule has 0 bridgehead atoms. The highest BCUT2D eigenvalue weighted by Crippen LogP contribution is 2.25. The Kier molecular flexibility index (Phi) is 8.34. The molecule has 7 nitrogen and oxygen atoms in total. The van der Waals surface area contributed by atoms with Crippen molar-refractivity contribution in [2.45, 2.75) is 63.4 Å². The summed E-state index contributed by atoms with van der Waals surface area (Å²) in [6, 6.07) is 12.6. The number of nitrogens with zero attached hydrogens (tertiary/aromatic N) is 4. The van der Waals surface area contributed by atoms with Gasteiger partial charge in [-0.1, -0.05) is 24.3 Å². The molecule has 0 spiro atoms. The molecule has 9 heteroatoms. The van der Waals surface area contributed by atoms with Crippen molar-refractivity contribution in [1.29, 1.82) is 0 Å². The van der Waals surface area contributed by atoms with Gasteiger partial charge in [-0.2, -0.15) is 4.31 Å². The van der Waals surface area contributed by atoms with E-state index in [0.29, 0.717) is 12.5 Å². The van der Waals surface area contributed by atoms with Gasteiger partial charge in [-0.3, -0.25) is 4.79 Å². The lowest BCUT2D eigenvalue weighted by molar-refractivity contribution is -0.119. The van der Waals surface area contributed by atoms with E-state index in [4.69, 9.17) is 0 Å². The highest BCUT2D eigenvalue weighted by atomic mass is 32.2. The van der Waals surface area contributed by atoms with Gasteiger partial charge < -0.3 is 4.90 Å². The number of benzene rings is 2. The molecule has 2 aromatic carbocycles. The lowest BCUT2D eigenvalue weighted by Gasteiger charge is -2.25. The highest BCUT2D eigenvalue weighted by molar-refractivity contribution is 7.89. The second-order valence-electron chi connectivity index (χ2n) is 9.79. The number of rotatable bonds is 10. The molecule has 0 saturated carbocycles. The Bertz CT molecular complexity index is 1330. The SMILES string of the molecule is CC(C)N(CC(=O)CCc1cccc(-c2cnc(N3CCC[C@@H]3C)nc2)c1)S(=O)(=O)c1ccc(F)cc1. The van der Waals surface area contributed by atoms with E-state index < -0.39 is 21.9 Å². The number of carbonyl (C=O) groups excluding carboxylic acids is 1. The van der Waals surface area contributed by atoms with Crippen molar-refractivity contribution in [3.8, 4) is 11.1 Å². The number of aromatic nitrogens is 2. The van der Waals surface area contributed by atoms with Gasteiger partial charge in [0.15, 0.2) is 0 Å². The minimum absolute atomic E-state index is 0.0319. The highest BCUT2D eigenvalue weighted by Gasteiger charge is 2.29. The molecule has 0 unspecified atom stereocenters. The Balaban J connectivity index is 1.40. The summed E-state index contributed by atoms with van der Waals surface area (Å²) in [6.45, 7) is 6.36. The normalized spacial score (nSPS) is 16.1. The molecule has 1 aromatic heterocycles. The van der Waals surface area contributed by atoms with Crippen LogP contribution in [0, 0.1) is 5.82 Å². The first-order valence-corrected chi connectivity index (χ1v) is 14.1. The topological polar surface area (TPSA) is 83.5 Å². The second kappa shape index (κ2) is 11.5. The van der Waals surface area contributed by atoms with Crippen LogP contribution in [0.5, 0.6) is 0 Å². The van der Waals surface area contributed by atoms with E-state index in [-0.39, 0.29) is 23.6 Å². The summed E-state index contributed by atoms with van der Waals surface area (Å²) in [5.41, 5.74) is 2.84. The molecule has 4 rings (SSSR count). The van der Waals surface area contributed by atoms with E-state index >= 15 is 0 Å². The van der Waals surface area contributed by atoms with Crippen LogP contribution in [0.3, 0.4) is 0 Å². The first-order chi connectivity index (χ1) is 17.6. The first-order valence-electron chi connectivity index (χ1n) is 12.6. The number of aryl methyl sites for hydroxylation is 1. The predicted molar refractivity (Wildman–Crippen MR) is 142 cm³/mol. The van der Waals surface area contributed by atoms with Crippen molar-refractivity contribution in [1.82, 2.24) is 14.3 Å². The zero-order valence-electron chi connectivity index (χ0n) is 21.5. The fraction of sp³-hybridized carbons (Fsp3) is 0.393. The minimum atomic E-state index is -3.92. The number of sulfonamides is 1. The Labute approximate surface area is 218 Å². The Hall–Kier alpha value is -3.17. The average Bonchev–Trinajstić information content (AvgIpc) is 3.32. The largest absolute Gasteiger partial charge is 0.338 e. The lowest BCUT2D eigenvalue weighted by atomic mass is 10.0. The molecule has 37 heavy (non-hydrogen) atoms. The molecule has 0 amide bonds. The van der Waals surface area contributed by atoms with E-state index in [1.807, 2.05) is 36.7 Å². The van der Waals surface area contributed by atoms with Gasteiger partial charge in [-0.05, 0) is 75.4 Å². The molecule has 2 heterocycles. The second-order valence-corrected chi connectivity index (χ2v) is 11.7. The number of carbonyl (C=O) groups is 1. The van der Waals surface area contributed by atoms with Gasteiger partial charge in [-0.15, -0.1) is 0 Å². The average molecular weight is 525 g/mol. The van der Waals surface area contributed by atoms with E-state index in [1.54, 1.807) is 13.8 Å². The maximum absolute atomic E-state index is 13.3. The van der Waals surface area contributed by atoms with Crippen molar-refractivity contribution < 1.29 is 17.6 Å². The van der Waals surface area contributed by atoms with Crippen molar-refractivity contribution in [3.05, 3.63) is 72.3 Å². The summed E-state index contributed by atoms with van der Waals surface area (Å²) < 4.78 is 40.6. The van der Waals surface area contributed by atoms with Crippen LogP contribution in [-0.2, 0) is 21.2 Å². The zero-order valence-corrected chi connectivity index (χ0v) is 22.3. The summed E-state index contributed by atoms with van der Waals surface area (Å²) in [5, 5.41) is 0. The molecule has 1 atom stereocenters. The molecular weight excluding hydrogens is 491 g/mol. The van der Waals surface area contributed by atoms with E-state index in [2.05, 4.69) is 21.8 Å². The number of Topliss-reactive ketones (excluding diaryl/α,β-unsaturated/α-hetero) is 1. The molecular formula is C28H33FN4O3S. The van der Waals surface area contributed by atoms with Crippen LogP contribution in [0.4, 0.5) is 10.3 Å². The molecule has 0 radical (unpaired) electrons. The van der Waals surface area contributed by atoms with Crippen molar-refractivity contribution in [3.63, 3.8) is 0 Å². The first kappa shape index (κ1) is 26.9. The Morgan fingerprint density at radius 3 is 2.43 bits per heavy atom. The summed E-state index contributed by atoms with van der Waals surface area (Å²) in [6.07, 6.45) is 6.66. The lowest BCUT2D eigenvalue weighted by Crippen LogP contribution is -2.40. The summed E-state index contributed by atoms with van der Waals surface area (Å²) in [7, 11) is -3.92. The fourth-order valence-corrected chi connectivity index (χ4v) is 6.20. The Morgan fingerprint density at radius 1 is 1.11 bits per heavy atom. The maximum atomic E-state index is 13.3. The fourth-order valence-electron chi connectivity index (χ4n) is 4.58. The van der Waals surface area contributed by atoms with Crippen LogP contribution in [0.25, 0.3) is 11.1 Å². The quantitative estimate of drug-likeness (QED) is 0.376. The van der Waals surface area contributed by atoms with Crippen LogP contribution in [0.15, 0.2) is 65.8 Å². The van der Waals surface area contributed by atoms with Gasteiger partial charge in [0, 0.05) is 43.0 Å². The molecule has 1 aliphatic rings. The molecule has 1 fully saturated rings. The van der Waals surface area contributed by atoms with Gasteiger partial charge in [0.05, 0.1) is 11.4 Å². The van der Waals surface area contributed by atoms with E-state index in [1.165, 1.54) is 16.4 Å². The Morgan fingerprint density at radius 2 is 1.81 bits per heavy atom. The number of anilines is 1. The van der Waals surface area contributed by atoms with Crippen LogP contribution >= 0.6 is 0 Å².